The number of hydrogen-bond acceptors (Lipinski definition) is 5. The number of rotatable bonds is 6. The van der Waals surface area contributed by atoms with Crippen LogP contribution in [0.3, 0.4) is 0 Å². The number of pyridine rings is 1. The summed E-state index contributed by atoms with van der Waals surface area (Å²) in [5.74, 6) is -0.768. The van der Waals surface area contributed by atoms with Crippen molar-refractivity contribution < 1.29 is 23.4 Å². The summed E-state index contributed by atoms with van der Waals surface area (Å²) in [5.41, 5.74) is 0.428. The van der Waals surface area contributed by atoms with Gasteiger partial charge in [-0.3, -0.25) is 0 Å². The van der Waals surface area contributed by atoms with Crippen molar-refractivity contribution in [3.05, 3.63) is 35.8 Å². The highest BCUT2D eigenvalue weighted by Gasteiger charge is 2.15. The molecule has 0 aliphatic carbocycles. The van der Waals surface area contributed by atoms with Crippen molar-refractivity contribution in [1.29, 1.82) is 0 Å². The molecule has 5 nitrogen and oxygen atoms in total. The first-order chi connectivity index (χ1) is 11.2. The molecule has 1 aromatic carbocycles. The minimum Gasteiger partial charge on any atom is -0.493 e. The molecule has 0 aliphatic rings. The molecule has 0 radical (unpaired) electrons. The Hall–Kier alpha value is -2.21. The van der Waals surface area contributed by atoms with Crippen LogP contribution in [0, 0.1) is 5.82 Å². The van der Waals surface area contributed by atoms with E-state index in [1.54, 1.807) is 13.2 Å². The average Bonchev–Trinajstić information content (AvgIpc) is 2.59. The molecule has 126 valence electrons. The molecule has 1 aromatic heterocycles. The number of carbonyl (C=O) groups excluding carboxylic acids is 1. The molecular formula is C17H22FNO4. The van der Waals surface area contributed by atoms with E-state index in [1.165, 1.54) is 25.3 Å². The van der Waals surface area contributed by atoms with Crippen LogP contribution in [-0.4, -0.2) is 38.4 Å². The van der Waals surface area contributed by atoms with E-state index in [4.69, 9.17) is 9.47 Å². The zero-order valence-electron chi connectivity index (χ0n) is 13.9. The van der Waals surface area contributed by atoms with Gasteiger partial charge in [-0.25, -0.2) is 14.2 Å². The molecule has 0 amide bonds. The van der Waals surface area contributed by atoms with Gasteiger partial charge in [0.2, 0.25) is 0 Å². The maximum atomic E-state index is 14.0. The van der Waals surface area contributed by atoms with E-state index < -0.39 is 11.8 Å². The normalized spacial score (nSPS) is 9.96. The molecule has 0 atom stereocenters. The molecule has 0 bridgehead atoms. The van der Waals surface area contributed by atoms with Crippen LogP contribution >= 0.6 is 0 Å². The minimum atomic E-state index is -0.595. The number of halogens is 1. The smallest absolute Gasteiger partial charge is 0.356 e. The third-order valence-corrected chi connectivity index (χ3v) is 2.89. The summed E-state index contributed by atoms with van der Waals surface area (Å²) in [5, 5.41) is 0.252. The summed E-state index contributed by atoms with van der Waals surface area (Å²) < 4.78 is 29.1. The van der Waals surface area contributed by atoms with E-state index in [1.807, 2.05) is 13.8 Å². The maximum Gasteiger partial charge on any atom is 0.356 e. The number of benzene rings is 1. The van der Waals surface area contributed by atoms with Crippen molar-refractivity contribution >= 4 is 16.9 Å². The topological polar surface area (TPSA) is 57.7 Å². The number of fused-ring (bicyclic) bond motifs is 1. The van der Waals surface area contributed by atoms with Crippen LogP contribution in [0.5, 0.6) is 5.75 Å². The number of carbonyl (C=O) groups is 1. The zero-order chi connectivity index (χ0) is 17.2. The first kappa shape index (κ1) is 18.8. The van der Waals surface area contributed by atoms with Gasteiger partial charge in [-0.05, 0) is 12.1 Å². The maximum absolute atomic E-state index is 14.0. The first-order valence-electron chi connectivity index (χ1n) is 7.46. The molecule has 0 fully saturated rings. The molecule has 1 heterocycles. The van der Waals surface area contributed by atoms with Crippen LogP contribution < -0.4 is 4.74 Å². The van der Waals surface area contributed by atoms with Gasteiger partial charge in [-0.15, -0.1) is 0 Å². The molecule has 0 N–H and O–H groups in total. The molecule has 0 unspecified atom stereocenters. The van der Waals surface area contributed by atoms with Gasteiger partial charge in [-0.1, -0.05) is 19.9 Å². The predicted molar refractivity (Wildman–Crippen MR) is 86.4 cm³/mol. The van der Waals surface area contributed by atoms with Gasteiger partial charge < -0.3 is 14.2 Å². The highest BCUT2D eigenvalue weighted by Crippen LogP contribution is 2.28. The molecular weight excluding hydrogens is 301 g/mol. The van der Waals surface area contributed by atoms with Crippen LogP contribution in [0.15, 0.2) is 24.3 Å². The summed E-state index contributed by atoms with van der Waals surface area (Å²) >= 11 is 0. The van der Waals surface area contributed by atoms with E-state index in [9.17, 15) is 9.18 Å². The lowest BCUT2D eigenvalue weighted by atomic mass is 10.1. The van der Waals surface area contributed by atoms with Crippen LogP contribution in [0.25, 0.3) is 10.9 Å². The average molecular weight is 323 g/mol. The Labute approximate surface area is 135 Å². The fraction of sp³-hybridized carbons (Fsp3) is 0.412. The molecule has 2 rings (SSSR count). The Bertz CT molecular complexity index is 646. The number of nitrogens with zero attached hydrogens (tertiary/aromatic N) is 1. The van der Waals surface area contributed by atoms with Gasteiger partial charge in [0.25, 0.3) is 0 Å². The van der Waals surface area contributed by atoms with E-state index >= 15 is 0 Å². The monoisotopic (exact) mass is 323 g/mol. The van der Waals surface area contributed by atoms with Gasteiger partial charge in [0.15, 0.2) is 5.69 Å². The van der Waals surface area contributed by atoms with E-state index in [2.05, 4.69) is 9.72 Å². The summed E-state index contributed by atoms with van der Waals surface area (Å²) in [4.78, 5) is 15.7. The summed E-state index contributed by atoms with van der Waals surface area (Å²) in [7, 11) is 2.86. The SMILES string of the molecule is CC.COCCCOc1cc(C(=O)OC)nc2cccc(F)c12. The van der Waals surface area contributed by atoms with Crippen molar-refractivity contribution in [2.24, 2.45) is 0 Å². The molecule has 0 aliphatic heterocycles. The van der Waals surface area contributed by atoms with Gasteiger partial charge in [0.1, 0.15) is 11.6 Å². The lowest BCUT2D eigenvalue weighted by Gasteiger charge is -2.11. The highest BCUT2D eigenvalue weighted by molar-refractivity contribution is 5.94. The molecule has 6 heteroatoms. The largest absolute Gasteiger partial charge is 0.493 e. The van der Waals surface area contributed by atoms with Crippen molar-refractivity contribution in [2.75, 3.05) is 27.4 Å². The van der Waals surface area contributed by atoms with Crippen LogP contribution in [0.4, 0.5) is 4.39 Å². The molecule has 23 heavy (non-hydrogen) atoms. The number of ether oxygens (including phenoxy) is 3. The standard InChI is InChI=1S/C15H16FNO4.C2H6/c1-19-7-4-8-21-13-9-12(15(18)20-2)17-11-6-3-5-10(16)14(11)13;1-2/h3,5-6,9H,4,7-8H2,1-2H3;1-2H3. The van der Waals surface area contributed by atoms with Crippen LogP contribution in [0.1, 0.15) is 30.8 Å². The van der Waals surface area contributed by atoms with E-state index in [0.29, 0.717) is 25.2 Å². The molecule has 0 spiro atoms. The van der Waals surface area contributed by atoms with Gasteiger partial charge >= 0.3 is 5.97 Å². The molecule has 2 aromatic rings. The predicted octanol–water partition coefficient (Wildman–Crippen LogP) is 3.60. The molecule has 0 saturated heterocycles. The summed E-state index contributed by atoms with van der Waals surface area (Å²) in [6.07, 6.45) is 0.655. The van der Waals surface area contributed by atoms with Crippen molar-refractivity contribution in [2.45, 2.75) is 20.3 Å². The van der Waals surface area contributed by atoms with Crippen molar-refractivity contribution in [1.82, 2.24) is 4.98 Å². The quantitative estimate of drug-likeness (QED) is 0.600. The van der Waals surface area contributed by atoms with Gasteiger partial charge in [0.05, 0.1) is 24.6 Å². The highest BCUT2D eigenvalue weighted by atomic mass is 19.1. The minimum absolute atomic E-state index is 0.0809. The second kappa shape index (κ2) is 9.74. The Morgan fingerprint density at radius 1 is 1.22 bits per heavy atom. The fourth-order valence-electron chi connectivity index (χ4n) is 1.92. The number of aromatic nitrogens is 1. The second-order valence-electron chi connectivity index (χ2n) is 4.33. The number of hydrogen-bond donors (Lipinski definition) is 0. The first-order valence-corrected chi connectivity index (χ1v) is 7.46. The van der Waals surface area contributed by atoms with Crippen molar-refractivity contribution in [3.8, 4) is 5.75 Å². The van der Waals surface area contributed by atoms with E-state index in [-0.39, 0.29) is 16.8 Å². The fourth-order valence-corrected chi connectivity index (χ4v) is 1.92. The number of esters is 1. The van der Waals surface area contributed by atoms with Crippen LogP contribution in [-0.2, 0) is 9.47 Å². The Kier molecular flexibility index (Phi) is 7.97. The zero-order valence-corrected chi connectivity index (χ0v) is 13.9. The van der Waals surface area contributed by atoms with E-state index in [0.717, 1.165) is 0 Å². The van der Waals surface area contributed by atoms with Crippen molar-refractivity contribution in [3.63, 3.8) is 0 Å². The third kappa shape index (κ3) is 4.89. The second-order valence-corrected chi connectivity index (χ2v) is 4.33. The van der Waals surface area contributed by atoms with Crippen LogP contribution in [0.2, 0.25) is 0 Å². The van der Waals surface area contributed by atoms with Gasteiger partial charge in [-0.2, -0.15) is 0 Å². The Morgan fingerprint density at radius 2 is 1.96 bits per heavy atom. The third-order valence-electron chi connectivity index (χ3n) is 2.89. The Morgan fingerprint density at radius 3 is 2.61 bits per heavy atom. The summed E-state index contributed by atoms with van der Waals surface area (Å²) in [6.45, 7) is 4.89. The van der Waals surface area contributed by atoms with Gasteiger partial charge in [0, 0.05) is 26.2 Å². The lowest BCUT2D eigenvalue weighted by molar-refractivity contribution is 0.0594. The number of methoxy groups -OCH3 is 2. The summed E-state index contributed by atoms with van der Waals surface area (Å²) in [6, 6.07) is 5.86. The molecule has 0 saturated carbocycles. The lowest BCUT2D eigenvalue weighted by Crippen LogP contribution is -2.07. The Balaban J connectivity index is 0.00000127.